The minimum atomic E-state index is -1.81. The molecule has 0 saturated carbocycles. The predicted molar refractivity (Wildman–Crippen MR) is 131 cm³/mol. The molecule has 0 saturated heterocycles. The van der Waals surface area contributed by atoms with Gasteiger partial charge in [-0.2, -0.15) is 0 Å². The van der Waals surface area contributed by atoms with Crippen molar-refractivity contribution in [2.24, 2.45) is 4.99 Å². The fourth-order valence-corrected chi connectivity index (χ4v) is 4.34. The second-order valence-corrected chi connectivity index (χ2v) is 9.02. The molecule has 2 aromatic carbocycles. The van der Waals surface area contributed by atoms with Crippen LogP contribution < -0.4 is 5.32 Å². The van der Waals surface area contributed by atoms with Gasteiger partial charge in [0.05, 0.1) is 35.8 Å². The maximum Gasteiger partial charge on any atom is 0.210 e. The van der Waals surface area contributed by atoms with E-state index in [1.807, 2.05) is 0 Å². The van der Waals surface area contributed by atoms with Gasteiger partial charge in [-0.05, 0) is 43.3 Å². The number of halogens is 4. The summed E-state index contributed by atoms with van der Waals surface area (Å²) in [5, 5.41) is 32.1. The van der Waals surface area contributed by atoms with Gasteiger partial charge in [0, 0.05) is 26.7 Å². The zero-order valence-electron chi connectivity index (χ0n) is 17.3. The molecule has 0 amide bonds. The summed E-state index contributed by atoms with van der Waals surface area (Å²) in [6, 6.07) is 10.2. The monoisotopic (exact) mass is 534 g/mol. The van der Waals surface area contributed by atoms with Crippen LogP contribution in [0.4, 0.5) is 0 Å². The van der Waals surface area contributed by atoms with Crippen molar-refractivity contribution in [3.63, 3.8) is 0 Å². The third kappa shape index (κ3) is 3.95. The molecule has 0 radical (unpaired) electrons. The number of aliphatic imine (C=N–C) groups is 1. The molecule has 0 bridgehead atoms. The van der Waals surface area contributed by atoms with E-state index < -0.39 is 5.72 Å². The van der Waals surface area contributed by atoms with Crippen molar-refractivity contribution in [3.05, 3.63) is 85.8 Å². The average Bonchev–Trinajstić information content (AvgIpc) is 3.44. The van der Waals surface area contributed by atoms with Crippen LogP contribution in [0.1, 0.15) is 18.1 Å². The van der Waals surface area contributed by atoms with E-state index in [1.54, 1.807) is 49.5 Å². The first-order chi connectivity index (χ1) is 16.3. The highest BCUT2D eigenvalue weighted by Crippen LogP contribution is 2.41. The van der Waals surface area contributed by atoms with E-state index in [9.17, 15) is 5.11 Å². The van der Waals surface area contributed by atoms with Crippen LogP contribution in [0.5, 0.6) is 0 Å². The van der Waals surface area contributed by atoms with Crippen molar-refractivity contribution in [2.75, 3.05) is 0 Å². The lowest BCUT2D eigenvalue weighted by Crippen LogP contribution is -2.34. The minimum Gasteiger partial charge on any atom is -0.362 e. The van der Waals surface area contributed by atoms with Gasteiger partial charge in [-0.1, -0.05) is 56.8 Å². The molecule has 1 atom stereocenters. The number of aromatic nitrogens is 6. The highest BCUT2D eigenvalue weighted by molar-refractivity contribution is 6.31. The molecule has 0 aliphatic carbocycles. The lowest BCUT2D eigenvalue weighted by molar-refractivity contribution is 0.0857. The van der Waals surface area contributed by atoms with Crippen LogP contribution in [-0.4, -0.2) is 41.4 Å². The molecule has 2 aromatic heterocycles. The molecule has 0 spiro atoms. The molecule has 34 heavy (non-hydrogen) atoms. The first kappa shape index (κ1) is 22.8. The normalized spacial score (nSPS) is 17.8. The summed E-state index contributed by atoms with van der Waals surface area (Å²) in [6.45, 7) is 1.75. The number of benzene rings is 2. The molecule has 0 fully saturated rings. The van der Waals surface area contributed by atoms with Crippen molar-refractivity contribution < 1.29 is 5.11 Å². The highest BCUT2D eigenvalue weighted by atomic mass is 35.5. The Morgan fingerprint density at radius 2 is 1.44 bits per heavy atom. The van der Waals surface area contributed by atoms with Crippen molar-refractivity contribution >= 4 is 58.4 Å². The zero-order chi connectivity index (χ0) is 24.0. The van der Waals surface area contributed by atoms with Crippen LogP contribution in [0, 0.1) is 0 Å². The van der Waals surface area contributed by atoms with Gasteiger partial charge in [0.2, 0.25) is 5.72 Å². The quantitative estimate of drug-likeness (QED) is 0.393. The Bertz CT molecular complexity index is 1480. The third-order valence-electron chi connectivity index (χ3n) is 5.34. The summed E-state index contributed by atoms with van der Waals surface area (Å²) < 4.78 is 2.96. The first-order valence-corrected chi connectivity index (χ1v) is 11.3. The molecule has 1 aliphatic rings. The molecular weight excluding hydrogens is 522 g/mol. The van der Waals surface area contributed by atoms with Gasteiger partial charge in [-0.15, -0.1) is 10.2 Å². The van der Waals surface area contributed by atoms with Crippen molar-refractivity contribution in [3.8, 4) is 11.4 Å². The number of hydrogen-bond acceptors (Lipinski definition) is 7. The van der Waals surface area contributed by atoms with E-state index >= 15 is 0 Å². The molecule has 5 rings (SSSR count). The van der Waals surface area contributed by atoms with Gasteiger partial charge in [-0.3, -0.25) is 0 Å². The van der Waals surface area contributed by atoms with E-state index in [0.717, 1.165) is 0 Å². The zero-order valence-corrected chi connectivity index (χ0v) is 20.3. The number of nitrogens with zero attached hydrogens (tertiary/aromatic N) is 7. The van der Waals surface area contributed by atoms with E-state index in [4.69, 9.17) is 46.4 Å². The third-order valence-corrected chi connectivity index (χ3v) is 6.16. The number of rotatable bonds is 4. The second-order valence-electron chi connectivity index (χ2n) is 7.37. The van der Waals surface area contributed by atoms with Crippen molar-refractivity contribution in [2.45, 2.75) is 12.6 Å². The standard InChI is InChI=1S/C21H14Cl4N8O/c1-11-20(14-6-12(22)2-4-16(14)32-8-18(24)28-30-32)26-10-27-21(11,34)15-7-13(23)3-5-17(15)33-9-19(25)29-31-33/h2-10,34H,1H3,(H,26,27). The fraction of sp³-hybridized carbons (Fsp3) is 0.0952. The van der Waals surface area contributed by atoms with Gasteiger partial charge in [0.1, 0.15) is 0 Å². The summed E-state index contributed by atoms with van der Waals surface area (Å²) in [4.78, 5) is 4.37. The Balaban J connectivity index is 1.72. The largest absolute Gasteiger partial charge is 0.362 e. The smallest absolute Gasteiger partial charge is 0.210 e. The number of nitrogens with one attached hydrogen (secondary N) is 1. The van der Waals surface area contributed by atoms with Crippen molar-refractivity contribution in [1.82, 2.24) is 35.3 Å². The van der Waals surface area contributed by atoms with Crippen LogP contribution in [0.2, 0.25) is 20.4 Å². The van der Waals surface area contributed by atoms with Gasteiger partial charge in [0.25, 0.3) is 0 Å². The lowest BCUT2D eigenvalue weighted by atomic mass is 9.89. The second kappa shape index (κ2) is 8.68. The van der Waals surface area contributed by atoms with Crippen molar-refractivity contribution in [1.29, 1.82) is 0 Å². The maximum absolute atomic E-state index is 11.9. The number of hydrogen-bond donors (Lipinski definition) is 2. The molecule has 1 unspecified atom stereocenters. The molecule has 3 heterocycles. The average molecular weight is 536 g/mol. The van der Waals surface area contributed by atoms with Gasteiger partial charge < -0.3 is 10.4 Å². The number of aliphatic hydroxyl groups is 1. The van der Waals surface area contributed by atoms with Crippen LogP contribution in [-0.2, 0) is 5.72 Å². The Labute approximate surface area is 213 Å². The Morgan fingerprint density at radius 1 is 0.853 bits per heavy atom. The highest BCUT2D eigenvalue weighted by Gasteiger charge is 2.38. The van der Waals surface area contributed by atoms with E-state index in [1.165, 1.54) is 21.9 Å². The minimum absolute atomic E-state index is 0.199. The predicted octanol–water partition coefficient (Wildman–Crippen LogP) is 4.67. The Morgan fingerprint density at radius 3 is 2.06 bits per heavy atom. The topological polar surface area (TPSA) is 106 Å². The molecular formula is C21H14Cl4N8O. The van der Waals surface area contributed by atoms with Crippen LogP contribution >= 0.6 is 46.4 Å². The van der Waals surface area contributed by atoms with E-state index in [-0.39, 0.29) is 10.3 Å². The fourth-order valence-electron chi connectivity index (χ4n) is 3.74. The molecule has 13 heteroatoms. The molecule has 4 aromatic rings. The molecule has 2 N–H and O–H groups in total. The first-order valence-electron chi connectivity index (χ1n) is 9.76. The summed E-state index contributed by atoms with van der Waals surface area (Å²) in [6.07, 6.45) is 4.49. The SMILES string of the molecule is CC1=C(c2cc(Cl)ccc2-n2cc(Cl)nn2)NC=NC1(O)c1cc(Cl)ccc1-n1cc(Cl)nn1. The summed E-state index contributed by atoms with van der Waals surface area (Å²) in [7, 11) is 0. The van der Waals surface area contributed by atoms with Crippen LogP contribution in [0.25, 0.3) is 17.1 Å². The van der Waals surface area contributed by atoms with Gasteiger partial charge >= 0.3 is 0 Å². The van der Waals surface area contributed by atoms with Gasteiger partial charge in [-0.25, -0.2) is 14.4 Å². The van der Waals surface area contributed by atoms with Gasteiger partial charge in [0.15, 0.2) is 10.3 Å². The van der Waals surface area contributed by atoms with E-state index in [0.29, 0.717) is 43.8 Å². The Kier molecular flexibility index (Phi) is 5.83. The molecule has 172 valence electrons. The van der Waals surface area contributed by atoms with Crippen LogP contribution in [0.15, 0.2) is 59.4 Å². The summed E-state index contributed by atoms with van der Waals surface area (Å²) >= 11 is 24.6. The summed E-state index contributed by atoms with van der Waals surface area (Å²) in [5.41, 5.74) is 1.38. The molecule has 1 aliphatic heterocycles. The lowest BCUT2D eigenvalue weighted by Gasteiger charge is -2.33. The van der Waals surface area contributed by atoms with E-state index in [2.05, 4.69) is 30.9 Å². The Hall–Kier alpha value is -2.95. The maximum atomic E-state index is 11.9. The summed E-state index contributed by atoms with van der Waals surface area (Å²) in [5.74, 6) is 0. The molecule has 9 nitrogen and oxygen atoms in total. The van der Waals surface area contributed by atoms with Crippen LogP contribution in [0.3, 0.4) is 0 Å².